The van der Waals surface area contributed by atoms with Crippen LogP contribution in [0.3, 0.4) is 0 Å². The second kappa shape index (κ2) is 9.54. The van der Waals surface area contributed by atoms with Crippen LogP contribution in [0, 0.1) is 6.92 Å². The minimum Gasteiger partial charge on any atom is -0.474 e. The first kappa shape index (κ1) is 21.4. The van der Waals surface area contributed by atoms with E-state index in [1.165, 1.54) is 24.8 Å². The summed E-state index contributed by atoms with van der Waals surface area (Å²) in [6.45, 7) is 3.99. The number of anilines is 1. The summed E-state index contributed by atoms with van der Waals surface area (Å²) in [6.07, 6.45) is 1.32. The Morgan fingerprint density at radius 2 is 2.23 bits per heavy atom. The van der Waals surface area contributed by atoms with Gasteiger partial charge in [0.15, 0.2) is 5.11 Å². The molecule has 1 aromatic carbocycles. The van der Waals surface area contributed by atoms with Gasteiger partial charge in [-0.15, -0.1) is 11.3 Å². The normalized spacial score (nSPS) is 16.2. The van der Waals surface area contributed by atoms with Crippen molar-refractivity contribution in [2.75, 3.05) is 38.7 Å². The van der Waals surface area contributed by atoms with E-state index in [0.29, 0.717) is 47.9 Å². The first-order valence-electron chi connectivity index (χ1n) is 9.73. The Labute approximate surface area is 189 Å². The van der Waals surface area contributed by atoms with Crippen molar-refractivity contribution in [3.8, 4) is 5.88 Å². The standard InChI is InChI=1S/C21H22N4O4S2/c1-13-11-31-18(20(26)27-2)17(13)24-21(30)25-7-8-28-14(9-25)10-29-19-15-5-3-4-6-16(15)22-12-23-19/h3-6,11-12,14H,7-10H2,1-2H3,(H,24,30). The molecule has 31 heavy (non-hydrogen) atoms. The van der Waals surface area contributed by atoms with Crippen molar-refractivity contribution in [1.29, 1.82) is 0 Å². The maximum Gasteiger partial charge on any atom is 0.350 e. The van der Waals surface area contributed by atoms with Crippen LogP contribution >= 0.6 is 23.6 Å². The molecule has 0 amide bonds. The Morgan fingerprint density at radius 1 is 1.39 bits per heavy atom. The molecule has 1 aliphatic rings. The van der Waals surface area contributed by atoms with E-state index in [2.05, 4.69) is 15.3 Å². The molecule has 162 valence electrons. The van der Waals surface area contributed by atoms with Gasteiger partial charge >= 0.3 is 5.97 Å². The van der Waals surface area contributed by atoms with E-state index < -0.39 is 0 Å². The van der Waals surface area contributed by atoms with E-state index in [1.54, 1.807) is 0 Å². The molecule has 3 heterocycles. The lowest BCUT2D eigenvalue weighted by Crippen LogP contribution is -2.49. The van der Waals surface area contributed by atoms with Gasteiger partial charge in [0.1, 0.15) is 23.9 Å². The van der Waals surface area contributed by atoms with Crippen LogP contribution in [0.15, 0.2) is 36.0 Å². The number of rotatable bonds is 5. The van der Waals surface area contributed by atoms with E-state index >= 15 is 0 Å². The Bertz CT molecular complexity index is 1100. The topological polar surface area (TPSA) is 85.8 Å². The highest BCUT2D eigenvalue weighted by Gasteiger charge is 2.25. The van der Waals surface area contributed by atoms with Crippen molar-refractivity contribution < 1.29 is 19.0 Å². The van der Waals surface area contributed by atoms with Gasteiger partial charge in [0.25, 0.3) is 0 Å². The monoisotopic (exact) mass is 458 g/mol. The molecule has 4 rings (SSSR count). The highest BCUT2D eigenvalue weighted by atomic mass is 32.1. The number of thiocarbonyl (C=S) groups is 1. The number of morpholine rings is 1. The maximum absolute atomic E-state index is 12.0. The lowest BCUT2D eigenvalue weighted by Gasteiger charge is -2.34. The zero-order valence-corrected chi connectivity index (χ0v) is 18.8. The number of para-hydroxylation sites is 1. The minimum absolute atomic E-state index is 0.175. The number of fused-ring (bicyclic) bond motifs is 1. The summed E-state index contributed by atoms with van der Waals surface area (Å²) < 4.78 is 16.7. The molecule has 1 aliphatic heterocycles. The van der Waals surface area contributed by atoms with Gasteiger partial charge in [-0.1, -0.05) is 12.1 Å². The van der Waals surface area contributed by atoms with Crippen LogP contribution in [0.1, 0.15) is 15.2 Å². The third-order valence-electron chi connectivity index (χ3n) is 4.92. The maximum atomic E-state index is 12.0. The molecule has 1 unspecified atom stereocenters. The van der Waals surface area contributed by atoms with Crippen LogP contribution in [-0.2, 0) is 9.47 Å². The number of ether oxygens (including phenoxy) is 3. The molecule has 8 nitrogen and oxygen atoms in total. The number of aryl methyl sites for hydroxylation is 1. The van der Waals surface area contributed by atoms with Crippen molar-refractivity contribution in [2.45, 2.75) is 13.0 Å². The summed E-state index contributed by atoms with van der Waals surface area (Å²) in [5.41, 5.74) is 2.46. The molecule has 1 saturated heterocycles. The summed E-state index contributed by atoms with van der Waals surface area (Å²) in [4.78, 5) is 23.0. The third kappa shape index (κ3) is 4.76. The summed E-state index contributed by atoms with van der Waals surface area (Å²) in [6, 6.07) is 7.70. The minimum atomic E-state index is -0.381. The molecule has 0 bridgehead atoms. The number of carbonyl (C=O) groups excluding carboxylic acids is 1. The van der Waals surface area contributed by atoms with Gasteiger partial charge in [0.05, 0.1) is 30.3 Å². The molecule has 0 spiro atoms. The van der Waals surface area contributed by atoms with Crippen LogP contribution in [-0.4, -0.2) is 65.5 Å². The number of methoxy groups -OCH3 is 1. The zero-order chi connectivity index (χ0) is 21.8. The van der Waals surface area contributed by atoms with Crippen LogP contribution in [0.4, 0.5) is 5.69 Å². The Morgan fingerprint density at radius 3 is 3.06 bits per heavy atom. The van der Waals surface area contributed by atoms with E-state index in [4.69, 9.17) is 26.4 Å². The number of aromatic nitrogens is 2. The lowest BCUT2D eigenvalue weighted by molar-refractivity contribution is -0.0285. The van der Waals surface area contributed by atoms with Gasteiger partial charge in [-0.3, -0.25) is 0 Å². The van der Waals surface area contributed by atoms with Gasteiger partial charge < -0.3 is 24.4 Å². The lowest BCUT2D eigenvalue weighted by atomic mass is 10.2. The number of carbonyl (C=O) groups is 1. The predicted octanol–water partition coefficient (Wildman–Crippen LogP) is 3.26. The zero-order valence-electron chi connectivity index (χ0n) is 17.2. The van der Waals surface area contributed by atoms with Crippen LogP contribution < -0.4 is 10.1 Å². The summed E-state index contributed by atoms with van der Waals surface area (Å²) >= 11 is 6.94. The molecule has 1 fully saturated rings. The molecule has 0 saturated carbocycles. The molecule has 10 heteroatoms. The molecular formula is C21H22N4O4S2. The Kier molecular flexibility index (Phi) is 6.59. The van der Waals surface area contributed by atoms with Crippen molar-refractivity contribution >= 4 is 51.2 Å². The molecular weight excluding hydrogens is 436 g/mol. The average Bonchev–Trinajstić information content (AvgIpc) is 3.17. The second-order valence-electron chi connectivity index (χ2n) is 6.99. The first-order valence-corrected chi connectivity index (χ1v) is 11.0. The molecule has 1 atom stereocenters. The fraction of sp³-hybridized carbons (Fsp3) is 0.333. The van der Waals surface area contributed by atoms with Crippen LogP contribution in [0.5, 0.6) is 5.88 Å². The van der Waals surface area contributed by atoms with Gasteiger partial charge in [-0.25, -0.2) is 14.8 Å². The van der Waals surface area contributed by atoms with Crippen molar-refractivity contribution in [3.05, 3.63) is 46.4 Å². The third-order valence-corrected chi connectivity index (χ3v) is 6.35. The van der Waals surface area contributed by atoms with Gasteiger partial charge in [-0.05, 0) is 42.2 Å². The number of benzene rings is 1. The summed E-state index contributed by atoms with van der Waals surface area (Å²) in [5.74, 6) is 0.150. The van der Waals surface area contributed by atoms with Gasteiger partial charge in [0, 0.05) is 13.1 Å². The number of hydrogen-bond acceptors (Lipinski definition) is 8. The van der Waals surface area contributed by atoms with Crippen molar-refractivity contribution in [3.63, 3.8) is 0 Å². The number of nitrogens with zero attached hydrogens (tertiary/aromatic N) is 3. The second-order valence-corrected chi connectivity index (χ2v) is 8.26. The number of nitrogens with one attached hydrogen (secondary N) is 1. The molecule has 1 N–H and O–H groups in total. The largest absolute Gasteiger partial charge is 0.474 e. The first-order chi connectivity index (χ1) is 15.1. The fourth-order valence-electron chi connectivity index (χ4n) is 3.30. The number of thiophene rings is 1. The smallest absolute Gasteiger partial charge is 0.350 e. The molecule has 0 aliphatic carbocycles. The van der Waals surface area contributed by atoms with E-state index in [-0.39, 0.29) is 12.1 Å². The molecule has 2 aromatic heterocycles. The number of esters is 1. The predicted molar refractivity (Wildman–Crippen MR) is 123 cm³/mol. The van der Waals surface area contributed by atoms with Crippen molar-refractivity contribution in [1.82, 2.24) is 14.9 Å². The summed E-state index contributed by atoms with van der Waals surface area (Å²) in [5, 5.41) is 6.51. The van der Waals surface area contributed by atoms with E-state index in [0.717, 1.165) is 16.5 Å². The van der Waals surface area contributed by atoms with E-state index in [1.807, 2.05) is 41.5 Å². The number of hydrogen-bond donors (Lipinski definition) is 1. The fourth-order valence-corrected chi connectivity index (χ4v) is 4.49. The summed E-state index contributed by atoms with van der Waals surface area (Å²) in [7, 11) is 1.37. The SMILES string of the molecule is COC(=O)c1scc(C)c1NC(=S)N1CCOC(COc2ncnc3ccccc23)C1. The van der Waals surface area contributed by atoms with Crippen molar-refractivity contribution in [2.24, 2.45) is 0 Å². The quantitative estimate of drug-likeness (QED) is 0.457. The Hall–Kier alpha value is -2.82. The van der Waals surface area contributed by atoms with Crippen LogP contribution in [0.25, 0.3) is 10.9 Å². The highest BCUT2D eigenvalue weighted by Crippen LogP contribution is 2.29. The van der Waals surface area contributed by atoms with E-state index in [9.17, 15) is 4.79 Å². The highest BCUT2D eigenvalue weighted by molar-refractivity contribution is 7.80. The average molecular weight is 459 g/mol. The Balaban J connectivity index is 1.39. The molecule has 3 aromatic rings. The molecule has 0 radical (unpaired) electrons. The van der Waals surface area contributed by atoms with Gasteiger partial charge in [-0.2, -0.15) is 0 Å². The van der Waals surface area contributed by atoms with Gasteiger partial charge in [0.2, 0.25) is 5.88 Å². The van der Waals surface area contributed by atoms with Crippen LogP contribution in [0.2, 0.25) is 0 Å².